The van der Waals surface area contributed by atoms with E-state index in [4.69, 9.17) is 0 Å². The summed E-state index contributed by atoms with van der Waals surface area (Å²) in [5.74, 6) is 0.892. The summed E-state index contributed by atoms with van der Waals surface area (Å²) in [6.45, 7) is 7.58. The van der Waals surface area contributed by atoms with Crippen LogP contribution < -0.4 is 28.9 Å². The number of hydrogen-bond donors (Lipinski definition) is 0. The first-order valence-corrected chi connectivity index (χ1v) is 9.09. The van der Waals surface area contributed by atoms with Gasteiger partial charge >= 0.3 is 0 Å². The Morgan fingerprint density at radius 2 is 1.83 bits per heavy atom. The SMILES string of the molecule is CCC(=O)N(c1ccc(CC(C)C)cc1)[C@H]1CCCC[N+]1(C)C.[I-]. The smallest absolute Gasteiger partial charge is 0.231 e. The Labute approximate surface area is 165 Å². The van der Waals surface area contributed by atoms with Crippen molar-refractivity contribution in [3.63, 3.8) is 0 Å². The second-order valence-electron chi connectivity index (χ2n) is 7.86. The van der Waals surface area contributed by atoms with Crippen LogP contribution in [0.3, 0.4) is 0 Å². The van der Waals surface area contributed by atoms with E-state index in [2.05, 4.69) is 57.1 Å². The van der Waals surface area contributed by atoms with E-state index in [0.717, 1.165) is 29.6 Å². The van der Waals surface area contributed by atoms with Crippen LogP contribution >= 0.6 is 0 Å². The highest BCUT2D eigenvalue weighted by Crippen LogP contribution is 2.30. The van der Waals surface area contributed by atoms with Gasteiger partial charge in [0, 0.05) is 18.5 Å². The molecule has 0 saturated carbocycles. The van der Waals surface area contributed by atoms with Crippen LogP contribution in [0, 0.1) is 5.92 Å². The minimum Gasteiger partial charge on any atom is -1.00 e. The Balaban J connectivity index is 0.00000288. The van der Waals surface area contributed by atoms with E-state index in [0.29, 0.717) is 12.3 Å². The second kappa shape index (κ2) is 9.18. The van der Waals surface area contributed by atoms with Crippen LogP contribution in [0.4, 0.5) is 5.69 Å². The number of hydrogen-bond acceptors (Lipinski definition) is 1. The number of amides is 1. The number of piperidine rings is 1. The topological polar surface area (TPSA) is 20.3 Å². The highest BCUT2D eigenvalue weighted by Gasteiger charge is 2.38. The Morgan fingerprint density at radius 3 is 2.33 bits per heavy atom. The average Bonchev–Trinajstić information content (AvgIpc) is 2.49. The summed E-state index contributed by atoms with van der Waals surface area (Å²) in [5.41, 5.74) is 2.41. The summed E-state index contributed by atoms with van der Waals surface area (Å²) >= 11 is 0. The first-order valence-electron chi connectivity index (χ1n) is 9.09. The number of rotatable bonds is 5. The monoisotopic (exact) mass is 444 g/mol. The standard InChI is InChI=1S/C20H33N2O.HI/c1-6-20(23)21(19-9-7-8-14-22(19,4)5)18-12-10-17(11-13-18)15-16(2)3;/h10-13,16,19H,6-9,14-15H2,1-5H3;1H/q+1;/p-1/t19-;/m1./s1. The second-order valence-corrected chi connectivity index (χ2v) is 7.86. The average molecular weight is 444 g/mol. The first-order chi connectivity index (χ1) is 10.8. The molecule has 1 aromatic rings. The van der Waals surface area contributed by atoms with Crippen LogP contribution in [0.1, 0.15) is 52.0 Å². The van der Waals surface area contributed by atoms with Crippen LogP contribution in [-0.4, -0.2) is 37.2 Å². The molecule has 136 valence electrons. The molecule has 2 rings (SSSR count). The van der Waals surface area contributed by atoms with Gasteiger partial charge in [-0.1, -0.05) is 32.9 Å². The molecule has 1 atom stereocenters. The van der Waals surface area contributed by atoms with Crippen molar-refractivity contribution in [1.82, 2.24) is 0 Å². The van der Waals surface area contributed by atoms with Crippen molar-refractivity contribution in [1.29, 1.82) is 0 Å². The maximum atomic E-state index is 12.7. The van der Waals surface area contributed by atoms with Crippen molar-refractivity contribution in [2.45, 2.75) is 59.0 Å². The van der Waals surface area contributed by atoms with E-state index < -0.39 is 0 Å². The van der Waals surface area contributed by atoms with E-state index in [1.807, 2.05) is 6.92 Å². The zero-order valence-electron chi connectivity index (χ0n) is 15.9. The molecule has 1 saturated heterocycles. The summed E-state index contributed by atoms with van der Waals surface area (Å²) < 4.78 is 0.902. The molecule has 1 aliphatic heterocycles. The molecular weight excluding hydrogens is 411 g/mol. The first kappa shape index (κ1) is 21.4. The number of carbonyl (C=O) groups is 1. The molecule has 1 aromatic carbocycles. The van der Waals surface area contributed by atoms with Crippen molar-refractivity contribution in [3.05, 3.63) is 29.8 Å². The zero-order chi connectivity index (χ0) is 17.0. The summed E-state index contributed by atoms with van der Waals surface area (Å²) in [7, 11) is 4.51. The van der Waals surface area contributed by atoms with Gasteiger partial charge in [0.05, 0.1) is 20.6 Å². The van der Waals surface area contributed by atoms with Gasteiger partial charge in [-0.05, 0) is 42.9 Å². The third-order valence-electron chi connectivity index (χ3n) is 4.98. The fourth-order valence-corrected chi connectivity index (χ4v) is 3.70. The van der Waals surface area contributed by atoms with Crippen LogP contribution in [0.2, 0.25) is 0 Å². The molecule has 1 amide bonds. The summed E-state index contributed by atoms with van der Waals surface area (Å²) in [6.07, 6.45) is 5.46. The van der Waals surface area contributed by atoms with Crippen molar-refractivity contribution in [2.24, 2.45) is 5.92 Å². The molecule has 0 aromatic heterocycles. The van der Waals surface area contributed by atoms with Gasteiger partial charge in [0.15, 0.2) is 6.17 Å². The maximum Gasteiger partial charge on any atom is 0.231 e. The van der Waals surface area contributed by atoms with Gasteiger partial charge < -0.3 is 28.5 Å². The van der Waals surface area contributed by atoms with E-state index in [1.165, 1.54) is 18.4 Å². The maximum absolute atomic E-state index is 12.7. The zero-order valence-corrected chi connectivity index (χ0v) is 18.0. The number of carbonyl (C=O) groups excluding carboxylic acids is 1. The van der Waals surface area contributed by atoms with Crippen molar-refractivity contribution < 1.29 is 33.3 Å². The Kier molecular flexibility index (Phi) is 8.20. The van der Waals surface area contributed by atoms with Gasteiger partial charge in [0.1, 0.15) is 0 Å². The molecule has 0 unspecified atom stereocenters. The Bertz CT molecular complexity index is 525. The van der Waals surface area contributed by atoms with Crippen LogP contribution in [0.5, 0.6) is 0 Å². The normalized spacial score (nSPS) is 19.7. The lowest BCUT2D eigenvalue weighted by atomic mass is 10.0. The largest absolute Gasteiger partial charge is 1.00 e. The van der Waals surface area contributed by atoms with Gasteiger partial charge in [-0.15, -0.1) is 0 Å². The number of halogens is 1. The molecule has 0 radical (unpaired) electrons. The Morgan fingerprint density at radius 1 is 1.21 bits per heavy atom. The lowest BCUT2D eigenvalue weighted by Gasteiger charge is -2.46. The molecule has 3 nitrogen and oxygen atoms in total. The van der Waals surface area contributed by atoms with Crippen molar-refractivity contribution >= 4 is 11.6 Å². The number of benzene rings is 1. The third kappa shape index (κ3) is 5.19. The molecule has 0 aliphatic carbocycles. The van der Waals surface area contributed by atoms with Crippen LogP contribution in [-0.2, 0) is 11.2 Å². The fourth-order valence-electron chi connectivity index (χ4n) is 3.70. The highest BCUT2D eigenvalue weighted by molar-refractivity contribution is 5.93. The van der Waals surface area contributed by atoms with E-state index >= 15 is 0 Å². The van der Waals surface area contributed by atoms with Crippen molar-refractivity contribution in [2.75, 3.05) is 25.5 Å². The van der Waals surface area contributed by atoms with Crippen molar-refractivity contribution in [3.8, 4) is 0 Å². The molecule has 1 fully saturated rings. The molecule has 0 N–H and O–H groups in total. The molecule has 1 heterocycles. The molecule has 1 aliphatic rings. The summed E-state index contributed by atoms with van der Waals surface area (Å²) in [5, 5.41) is 0. The molecule has 0 spiro atoms. The molecular formula is C20H33IN2O. The predicted molar refractivity (Wildman–Crippen MR) is 97.4 cm³/mol. The number of nitrogens with zero attached hydrogens (tertiary/aromatic N) is 2. The van der Waals surface area contributed by atoms with Gasteiger partial charge in [-0.25, -0.2) is 0 Å². The minimum absolute atomic E-state index is 0. The molecule has 4 heteroatoms. The van der Waals surface area contributed by atoms with Gasteiger partial charge in [-0.3, -0.25) is 9.69 Å². The third-order valence-corrected chi connectivity index (χ3v) is 4.98. The predicted octanol–water partition coefficient (Wildman–Crippen LogP) is 1.22. The van der Waals surface area contributed by atoms with E-state index in [9.17, 15) is 4.79 Å². The fraction of sp³-hybridized carbons (Fsp3) is 0.650. The lowest BCUT2D eigenvalue weighted by molar-refractivity contribution is -0.918. The summed E-state index contributed by atoms with van der Waals surface area (Å²) in [4.78, 5) is 14.7. The molecule has 0 bridgehead atoms. The Hall–Kier alpha value is -0.620. The van der Waals surface area contributed by atoms with Gasteiger partial charge in [0.25, 0.3) is 0 Å². The highest BCUT2D eigenvalue weighted by atomic mass is 127. The van der Waals surface area contributed by atoms with Crippen LogP contribution in [0.15, 0.2) is 24.3 Å². The quantitative estimate of drug-likeness (QED) is 0.494. The lowest BCUT2D eigenvalue weighted by Crippen LogP contribution is -3.00. The molecule has 24 heavy (non-hydrogen) atoms. The number of anilines is 1. The van der Waals surface area contributed by atoms with Gasteiger partial charge in [0.2, 0.25) is 5.91 Å². The van der Waals surface area contributed by atoms with Crippen LogP contribution in [0.25, 0.3) is 0 Å². The van der Waals surface area contributed by atoms with Gasteiger partial charge in [-0.2, -0.15) is 0 Å². The number of quaternary nitrogens is 1. The number of likely N-dealkylation sites (tertiary alicyclic amines) is 1. The minimum atomic E-state index is 0. The van der Waals surface area contributed by atoms with E-state index in [-0.39, 0.29) is 36.0 Å². The van der Waals surface area contributed by atoms with E-state index in [1.54, 1.807) is 0 Å². The summed E-state index contributed by atoms with van der Waals surface area (Å²) in [6, 6.07) is 8.65.